The number of rotatable bonds is 13. The zero-order valence-electron chi connectivity index (χ0n) is 30.9. The molecule has 55 heavy (non-hydrogen) atoms. The number of nitrogens with one attached hydrogen (secondary N) is 2. The second kappa shape index (κ2) is 17.9. The first-order valence-corrected chi connectivity index (χ1v) is 18.3. The maximum absolute atomic E-state index is 13.8. The molecule has 6 rings (SSSR count). The molecule has 0 saturated carbocycles. The molecule has 290 valence electrons. The Hall–Kier alpha value is -5.31. The molecule has 0 radical (unpaired) electrons. The Kier molecular flexibility index (Phi) is 12.8. The van der Waals surface area contributed by atoms with Crippen LogP contribution in [0.4, 0.5) is 24.5 Å². The number of halogens is 3. The Morgan fingerprint density at radius 3 is 2.47 bits per heavy atom. The van der Waals surface area contributed by atoms with Gasteiger partial charge in [-0.05, 0) is 79.1 Å². The number of morpholine rings is 1. The van der Waals surface area contributed by atoms with E-state index in [4.69, 9.17) is 9.47 Å². The number of aromatic nitrogens is 1. The van der Waals surface area contributed by atoms with Crippen LogP contribution >= 0.6 is 0 Å². The summed E-state index contributed by atoms with van der Waals surface area (Å²) in [6.45, 7) is 5.49. The molecule has 0 unspecified atom stereocenters. The van der Waals surface area contributed by atoms with Crippen LogP contribution in [0, 0.1) is 0 Å². The molecule has 0 spiro atoms. The van der Waals surface area contributed by atoms with Crippen molar-refractivity contribution in [3.8, 4) is 11.3 Å². The maximum Gasteiger partial charge on any atom is 0.416 e. The number of hydrogen-bond acceptors (Lipinski definition) is 8. The number of anilines is 2. The van der Waals surface area contributed by atoms with E-state index < -0.39 is 23.6 Å². The largest absolute Gasteiger partial charge is 0.416 e. The predicted molar refractivity (Wildman–Crippen MR) is 203 cm³/mol. The number of alkyl halides is 3. The molecular formula is C41H45F3N6O5. The van der Waals surface area contributed by atoms with E-state index in [-0.39, 0.29) is 29.6 Å². The maximum atomic E-state index is 13.8. The molecule has 2 fully saturated rings. The van der Waals surface area contributed by atoms with Gasteiger partial charge in [0.1, 0.15) is 0 Å². The molecule has 0 bridgehead atoms. The van der Waals surface area contributed by atoms with Gasteiger partial charge in [-0.15, -0.1) is 0 Å². The van der Waals surface area contributed by atoms with Gasteiger partial charge in [-0.3, -0.25) is 24.3 Å². The van der Waals surface area contributed by atoms with Crippen molar-refractivity contribution in [2.45, 2.75) is 31.6 Å². The van der Waals surface area contributed by atoms with Gasteiger partial charge in [-0.1, -0.05) is 18.2 Å². The summed E-state index contributed by atoms with van der Waals surface area (Å²) < 4.78 is 50.6. The Morgan fingerprint density at radius 2 is 1.69 bits per heavy atom. The van der Waals surface area contributed by atoms with Crippen molar-refractivity contribution in [2.24, 2.45) is 0 Å². The van der Waals surface area contributed by atoms with E-state index >= 15 is 0 Å². The highest BCUT2D eigenvalue weighted by atomic mass is 19.4. The highest BCUT2D eigenvalue weighted by molar-refractivity contribution is 6.08. The van der Waals surface area contributed by atoms with Crippen molar-refractivity contribution in [1.29, 1.82) is 0 Å². The van der Waals surface area contributed by atoms with E-state index in [0.717, 1.165) is 56.8 Å². The number of nitrogens with zero attached hydrogens (tertiary/aromatic N) is 4. The van der Waals surface area contributed by atoms with Gasteiger partial charge in [0, 0.05) is 87.6 Å². The molecule has 2 aliphatic heterocycles. The lowest BCUT2D eigenvalue weighted by Gasteiger charge is -2.28. The fourth-order valence-corrected chi connectivity index (χ4v) is 6.86. The van der Waals surface area contributed by atoms with Crippen LogP contribution in [-0.4, -0.2) is 105 Å². The van der Waals surface area contributed by atoms with Gasteiger partial charge in [0.15, 0.2) is 0 Å². The summed E-state index contributed by atoms with van der Waals surface area (Å²) in [6, 6.07) is 20.3. The van der Waals surface area contributed by atoms with Gasteiger partial charge in [-0.25, -0.2) is 0 Å². The van der Waals surface area contributed by atoms with Crippen LogP contribution < -0.4 is 15.5 Å². The Bertz CT molecular complexity index is 1990. The van der Waals surface area contributed by atoms with E-state index in [9.17, 15) is 27.6 Å². The Labute approximate surface area is 318 Å². The van der Waals surface area contributed by atoms with E-state index in [0.29, 0.717) is 54.4 Å². The number of methoxy groups -OCH3 is 1. The van der Waals surface area contributed by atoms with E-state index in [1.165, 1.54) is 24.4 Å². The van der Waals surface area contributed by atoms with Crippen LogP contribution in [-0.2, 0) is 22.2 Å². The van der Waals surface area contributed by atoms with Crippen molar-refractivity contribution < 1.29 is 37.0 Å². The normalized spacial score (nSPS) is 16.2. The smallest absolute Gasteiger partial charge is 0.383 e. The van der Waals surface area contributed by atoms with Crippen LogP contribution in [0.3, 0.4) is 0 Å². The second-order valence-corrected chi connectivity index (χ2v) is 13.7. The van der Waals surface area contributed by atoms with Gasteiger partial charge in [-0.2, -0.15) is 13.2 Å². The molecule has 3 heterocycles. The van der Waals surface area contributed by atoms with Crippen LogP contribution in [0.2, 0.25) is 0 Å². The number of pyridine rings is 1. The molecule has 1 aromatic heterocycles. The molecule has 11 nitrogen and oxygen atoms in total. The van der Waals surface area contributed by atoms with Crippen LogP contribution in [0.1, 0.15) is 55.0 Å². The predicted octanol–water partition coefficient (Wildman–Crippen LogP) is 5.97. The fraction of sp³-hybridized carbons (Fsp3) is 0.366. The summed E-state index contributed by atoms with van der Waals surface area (Å²) in [7, 11) is 3.41. The SMILES string of the molecule is COC[C@@H]1CCCN1c1ccc(NC(=O)c2cccc(C(=O)N(C)CCN3CCOCC3)c2)c(-c2cc(C(=O)NCc3cccc(C(F)(F)F)c3)ccn2)c1. The minimum Gasteiger partial charge on any atom is -0.383 e. The summed E-state index contributed by atoms with van der Waals surface area (Å²) in [5.41, 5.74) is 2.70. The van der Waals surface area contributed by atoms with Gasteiger partial charge in [0.05, 0.1) is 42.8 Å². The lowest BCUT2D eigenvalue weighted by molar-refractivity contribution is -0.137. The van der Waals surface area contributed by atoms with E-state index in [1.54, 1.807) is 55.5 Å². The van der Waals surface area contributed by atoms with Gasteiger partial charge < -0.3 is 29.9 Å². The zero-order chi connectivity index (χ0) is 39.0. The summed E-state index contributed by atoms with van der Waals surface area (Å²) in [5.74, 6) is -1.14. The highest BCUT2D eigenvalue weighted by Crippen LogP contribution is 2.35. The van der Waals surface area contributed by atoms with Crippen molar-refractivity contribution in [3.05, 3.63) is 113 Å². The number of carbonyl (C=O) groups is 3. The van der Waals surface area contributed by atoms with Crippen molar-refractivity contribution in [2.75, 3.05) is 76.9 Å². The molecule has 2 N–H and O–H groups in total. The Morgan fingerprint density at radius 1 is 0.927 bits per heavy atom. The molecule has 2 saturated heterocycles. The number of benzene rings is 3. The first-order valence-electron chi connectivity index (χ1n) is 18.3. The summed E-state index contributed by atoms with van der Waals surface area (Å²) in [6.07, 6.45) is -1.08. The average Bonchev–Trinajstić information content (AvgIpc) is 3.67. The van der Waals surface area contributed by atoms with Crippen molar-refractivity contribution >= 4 is 29.1 Å². The number of ether oxygens (including phenoxy) is 2. The monoisotopic (exact) mass is 758 g/mol. The van der Waals surface area contributed by atoms with Gasteiger partial charge >= 0.3 is 6.18 Å². The number of hydrogen-bond donors (Lipinski definition) is 2. The minimum atomic E-state index is -4.50. The first-order chi connectivity index (χ1) is 26.5. The number of carbonyl (C=O) groups excluding carboxylic acids is 3. The third kappa shape index (κ3) is 10.1. The Balaban J connectivity index is 1.23. The summed E-state index contributed by atoms with van der Waals surface area (Å²) >= 11 is 0. The fourth-order valence-electron chi connectivity index (χ4n) is 6.86. The lowest BCUT2D eigenvalue weighted by atomic mass is 10.0. The van der Waals surface area contributed by atoms with Crippen molar-refractivity contribution in [3.63, 3.8) is 0 Å². The molecule has 3 aromatic carbocycles. The lowest BCUT2D eigenvalue weighted by Crippen LogP contribution is -2.41. The second-order valence-electron chi connectivity index (χ2n) is 13.7. The van der Waals surface area contributed by atoms with Crippen LogP contribution in [0.15, 0.2) is 85.1 Å². The minimum absolute atomic E-state index is 0.113. The van der Waals surface area contributed by atoms with Crippen molar-refractivity contribution in [1.82, 2.24) is 20.1 Å². The van der Waals surface area contributed by atoms with Gasteiger partial charge in [0.25, 0.3) is 17.7 Å². The van der Waals surface area contributed by atoms with Gasteiger partial charge in [0.2, 0.25) is 0 Å². The molecule has 14 heteroatoms. The molecule has 4 aromatic rings. The third-order valence-corrected chi connectivity index (χ3v) is 9.90. The van der Waals surface area contributed by atoms with E-state index in [2.05, 4.69) is 25.4 Å². The molecule has 1 atom stereocenters. The van der Waals surface area contributed by atoms with Crippen LogP contribution in [0.5, 0.6) is 0 Å². The standard InChI is InChI=1S/C41H45F3N6O5/c1-48(16-17-49-18-20-55-21-19-49)40(53)31-8-4-7-29(23-31)39(52)47-36-12-11-33(50-15-5-10-34(50)27-54-2)25-35(36)37-24-30(13-14-45-37)38(51)46-26-28-6-3-9-32(22-28)41(42,43)44/h3-4,6-9,11-14,22-25,34H,5,10,15-21,26-27H2,1-2H3,(H,46,51)(H,47,52)/t34-/m0/s1. The number of amides is 3. The average molecular weight is 759 g/mol. The highest BCUT2D eigenvalue weighted by Gasteiger charge is 2.30. The third-order valence-electron chi connectivity index (χ3n) is 9.90. The summed E-state index contributed by atoms with van der Waals surface area (Å²) in [5, 5.41) is 5.70. The topological polar surface area (TPSA) is 116 Å². The molecule has 2 aliphatic rings. The summed E-state index contributed by atoms with van der Waals surface area (Å²) in [4.78, 5) is 51.1. The quantitative estimate of drug-likeness (QED) is 0.172. The number of likely N-dealkylation sites (N-methyl/N-ethyl adjacent to an activating group) is 1. The molecule has 3 amide bonds. The first kappa shape index (κ1) is 39.4. The zero-order valence-corrected chi connectivity index (χ0v) is 30.9. The molecule has 0 aliphatic carbocycles. The van der Waals surface area contributed by atoms with E-state index in [1.807, 2.05) is 12.1 Å². The van der Waals surface area contributed by atoms with Crippen LogP contribution in [0.25, 0.3) is 11.3 Å². The molecular weight excluding hydrogens is 713 g/mol.